The smallest absolute Gasteiger partial charge is 0.241 e. The minimum Gasteiger partial charge on any atom is -0.342 e. The maximum atomic E-state index is 11.8. The molecule has 0 spiro atoms. The molecule has 1 aromatic rings. The summed E-state index contributed by atoms with van der Waals surface area (Å²) in [5.74, 6) is 0.188. The van der Waals surface area contributed by atoms with E-state index in [4.69, 9.17) is 4.98 Å². The molecule has 3 rings (SSSR count). The van der Waals surface area contributed by atoms with Gasteiger partial charge in [-0.15, -0.1) is 0 Å². The zero-order valence-electron chi connectivity index (χ0n) is 12.2. The zero-order valence-corrected chi connectivity index (χ0v) is 13.0. The SMILES string of the molecule is CCNC1CCCc2nc(N3CCN(C)C(=O)C3)sc21. The van der Waals surface area contributed by atoms with Gasteiger partial charge in [0.25, 0.3) is 0 Å². The number of piperazine rings is 1. The molecule has 1 aliphatic heterocycles. The molecule has 20 heavy (non-hydrogen) atoms. The summed E-state index contributed by atoms with van der Waals surface area (Å²) in [5.41, 5.74) is 1.24. The quantitative estimate of drug-likeness (QED) is 0.916. The maximum absolute atomic E-state index is 11.8. The first-order valence-corrected chi connectivity index (χ1v) is 8.22. The zero-order chi connectivity index (χ0) is 14.1. The lowest BCUT2D eigenvalue weighted by Gasteiger charge is -2.31. The van der Waals surface area contributed by atoms with Crippen LogP contribution in [0, 0.1) is 0 Å². The van der Waals surface area contributed by atoms with Crippen molar-refractivity contribution in [1.29, 1.82) is 0 Å². The summed E-state index contributed by atoms with van der Waals surface area (Å²) < 4.78 is 0. The molecule has 2 heterocycles. The van der Waals surface area contributed by atoms with Crippen LogP contribution in [0.25, 0.3) is 0 Å². The first kappa shape index (κ1) is 13.8. The van der Waals surface area contributed by atoms with Crippen LogP contribution in [0.15, 0.2) is 0 Å². The Morgan fingerprint density at radius 1 is 1.45 bits per heavy atom. The van der Waals surface area contributed by atoms with E-state index in [1.165, 1.54) is 23.4 Å². The third-order valence-corrected chi connectivity index (χ3v) is 5.39. The van der Waals surface area contributed by atoms with Gasteiger partial charge in [0.15, 0.2) is 5.13 Å². The molecular formula is C14H22N4OS. The molecule has 0 radical (unpaired) electrons. The van der Waals surface area contributed by atoms with Crippen LogP contribution in [-0.2, 0) is 11.2 Å². The number of nitrogens with one attached hydrogen (secondary N) is 1. The van der Waals surface area contributed by atoms with E-state index in [2.05, 4.69) is 17.1 Å². The Hall–Kier alpha value is -1.14. The number of rotatable bonds is 3. The van der Waals surface area contributed by atoms with Crippen molar-refractivity contribution in [3.05, 3.63) is 10.6 Å². The van der Waals surface area contributed by atoms with Crippen LogP contribution in [0.2, 0.25) is 0 Å². The monoisotopic (exact) mass is 294 g/mol. The van der Waals surface area contributed by atoms with Crippen LogP contribution in [0.4, 0.5) is 5.13 Å². The van der Waals surface area contributed by atoms with Gasteiger partial charge in [-0.25, -0.2) is 4.98 Å². The van der Waals surface area contributed by atoms with Gasteiger partial charge < -0.3 is 15.1 Å². The Labute approximate surface area is 124 Å². The molecule has 5 nitrogen and oxygen atoms in total. The second-order valence-electron chi connectivity index (χ2n) is 5.55. The van der Waals surface area contributed by atoms with Gasteiger partial charge in [0.1, 0.15) is 0 Å². The summed E-state index contributed by atoms with van der Waals surface area (Å²) in [7, 11) is 1.87. The van der Waals surface area contributed by atoms with E-state index in [0.717, 1.165) is 31.2 Å². The normalized spacial score (nSPS) is 23.1. The van der Waals surface area contributed by atoms with Crippen LogP contribution in [0.1, 0.15) is 36.4 Å². The van der Waals surface area contributed by atoms with Crippen molar-refractivity contribution in [2.75, 3.05) is 38.1 Å². The summed E-state index contributed by atoms with van der Waals surface area (Å²) in [6.07, 6.45) is 3.48. The molecule has 1 unspecified atom stereocenters. The van der Waals surface area contributed by atoms with Crippen molar-refractivity contribution in [2.24, 2.45) is 0 Å². The van der Waals surface area contributed by atoms with E-state index in [9.17, 15) is 4.79 Å². The van der Waals surface area contributed by atoms with Gasteiger partial charge in [-0.1, -0.05) is 18.3 Å². The average Bonchev–Trinajstić information content (AvgIpc) is 2.87. The molecule has 1 amide bonds. The number of aryl methyl sites for hydroxylation is 1. The largest absolute Gasteiger partial charge is 0.342 e. The molecule has 1 aromatic heterocycles. The lowest BCUT2D eigenvalue weighted by molar-refractivity contribution is -0.129. The number of fused-ring (bicyclic) bond motifs is 1. The van der Waals surface area contributed by atoms with Gasteiger partial charge in [0.2, 0.25) is 5.91 Å². The molecule has 1 aliphatic carbocycles. The van der Waals surface area contributed by atoms with E-state index in [1.54, 1.807) is 16.2 Å². The van der Waals surface area contributed by atoms with Crippen LogP contribution in [0.5, 0.6) is 0 Å². The number of carbonyl (C=O) groups is 1. The van der Waals surface area contributed by atoms with Crippen molar-refractivity contribution >= 4 is 22.4 Å². The van der Waals surface area contributed by atoms with Gasteiger partial charge in [0, 0.05) is 31.1 Å². The first-order chi connectivity index (χ1) is 9.69. The lowest BCUT2D eigenvalue weighted by Crippen LogP contribution is -2.48. The van der Waals surface area contributed by atoms with E-state index in [0.29, 0.717) is 12.6 Å². The van der Waals surface area contributed by atoms with Crippen LogP contribution >= 0.6 is 11.3 Å². The molecule has 0 saturated carbocycles. The lowest BCUT2D eigenvalue weighted by atomic mass is 9.98. The number of hydrogen-bond acceptors (Lipinski definition) is 5. The van der Waals surface area contributed by atoms with E-state index in [1.807, 2.05) is 7.05 Å². The van der Waals surface area contributed by atoms with Crippen LogP contribution < -0.4 is 10.2 Å². The predicted octanol–water partition coefficient (Wildman–Crippen LogP) is 1.41. The molecule has 0 aromatic carbocycles. The fourth-order valence-corrected chi connectivity index (χ4v) is 4.15. The van der Waals surface area contributed by atoms with Gasteiger partial charge >= 0.3 is 0 Å². The minimum absolute atomic E-state index is 0.188. The maximum Gasteiger partial charge on any atom is 0.241 e. The van der Waals surface area contributed by atoms with Crippen molar-refractivity contribution in [1.82, 2.24) is 15.2 Å². The van der Waals surface area contributed by atoms with Crippen molar-refractivity contribution in [3.63, 3.8) is 0 Å². The first-order valence-electron chi connectivity index (χ1n) is 7.41. The fraction of sp³-hybridized carbons (Fsp3) is 0.714. The number of aromatic nitrogens is 1. The molecule has 0 bridgehead atoms. The van der Waals surface area contributed by atoms with E-state index >= 15 is 0 Å². The van der Waals surface area contributed by atoms with Gasteiger partial charge in [-0.2, -0.15) is 0 Å². The molecule has 1 atom stereocenters. The molecule has 1 fully saturated rings. The van der Waals surface area contributed by atoms with Gasteiger partial charge in [-0.05, 0) is 25.8 Å². The highest BCUT2D eigenvalue weighted by Crippen LogP contribution is 2.37. The highest BCUT2D eigenvalue weighted by Gasteiger charge is 2.28. The van der Waals surface area contributed by atoms with Crippen LogP contribution in [-0.4, -0.2) is 49.0 Å². The second kappa shape index (κ2) is 5.69. The summed E-state index contributed by atoms with van der Waals surface area (Å²) >= 11 is 1.77. The highest BCUT2D eigenvalue weighted by molar-refractivity contribution is 7.15. The Balaban J connectivity index is 1.80. The number of anilines is 1. The summed E-state index contributed by atoms with van der Waals surface area (Å²) in [4.78, 5) is 22.0. The Morgan fingerprint density at radius 2 is 2.30 bits per heavy atom. The van der Waals surface area contributed by atoms with Gasteiger partial charge in [0.05, 0.1) is 12.2 Å². The molecule has 2 aliphatic rings. The third-order valence-electron chi connectivity index (χ3n) is 4.12. The average molecular weight is 294 g/mol. The Morgan fingerprint density at radius 3 is 3.05 bits per heavy atom. The number of nitrogens with zero attached hydrogens (tertiary/aromatic N) is 3. The van der Waals surface area contributed by atoms with Crippen molar-refractivity contribution in [2.45, 2.75) is 32.2 Å². The molecule has 6 heteroatoms. The third kappa shape index (κ3) is 2.54. The number of amides is 1. The van der Waals surface area contributed by atoms with Crippen molar-refractivity contribution in [3.8, 4) is 0 Å². The van der Waals surface area contributed by atoms with E-state index < -0.39 is 0 Å². The predicted molar refractivity (Wildman–Crippen MR) is 81.3 cm³/mol. The molecular weight excluding hydrogens is 272 g/mol. The molecule has 1 saturated heterocycles. The standard InChI is InChI=1S/C14H22N4OS/c1-3-15-10-5-4-6-11-13(10)20-14(16-11)18-8-7-17(2)12(19)9-18/h10,15H,3-9H2,1-2H3. The number of likely N-dealkylation sites (N-methyl/N-ethyl adjacent to an activating group) is 1. The van der Waals surface area contributed by atoms with Crippen molar-refractivity contribution < 1.29 is 4.79 Å². The summed E-state index contributed by atoms with van der Waals surface area (Å²) in [6.45, 7) is 5.29. The minimum atomic E-state index is 0.188. The number of hydrogen-bond donors (Lipinski definition) is 1. The molecule has 110 valence electrons. The highest BCUT2D eigenvalue weighted by atomic mass is 32.1. The Bertz CT molecular complexity index is 501. The Kier molecular flexibility index (Phi) is 3.94. The second-order valence-corrected chi connectivity index (χ2v) is 6.56. The number of thiazole rings is 1. The molecule has 1 N–H and O–H groups in total. The van der Waals surface area contributed by atoms with E-state index in [-0.39, 0.29) is 5.91 Å². The van der Waals surface area contributed by atoms with Gasteiger partial charge in [-0.3, -0.25) is 4.79 Å². The fourth-order valence-electron chi connectivity index (χ4n) is 2.90. The number of carbonyl (C=O) groups excluding carboxylic acids is 1. The summed E-state index contributed by atoms with van der Waals surface area (Å²) in [6, 6.07) is 0.457. The summed E-state index contributed by atoms with van der Waals surface area (Å²) in [5, 5.41) is 4.58. The van der Waals surface area contributed by atoms with Crippen LogP contribution in [0.3, 0.4) is 0 Å². The topological polar surface area (TPSA) is 48.5 Å².